The Morgan fingerprint density at radius 2 is 2.00 bits per heavy atom. The summed E-state index contributed by atoms with van der Waals surface area (Å²) in [5, 5.41) is 17.2. The molecule has 0 aliphatic heterocycles. The van der Waals surface area contributed by atoms with Crippen molar-refractivity contribution in [2.75, 3.05) is 7.05 Å². The number of hydrogen-bond donors (Lipinski definition) is 1. The number of hydrogen-bond acceptors (Lipinski definition) is 3. The molecule has 2 aromatic carbocycles. The fourth-order valence-corrected chi connectivity index (χ4v) is 2.93. The summed E-state index contributed by atoms with van der Waals surface area (Å²) < 4.78 is 1.77. The van der Waals surface area contributed by atoms with Gasteiger partial charge in [-0.15, -0.1) is 0 Å². The normalized spacial score (nSPS) is 12.5. The molecule has 8 heteroatoms. The minimum Gasteiger partial charge on any atom is -0.315 e. The van der Waals surface area contributed by atoms with Crippen LogP contribution in [0, 0.1) is 10.1 Å². The fourth-order valence-electron chi connectivity index (χ4n) is 2.61. The number of nitro benzene ring substituents is 1. The van der Waals surface area contributed by atoms with Crippen LogP contribution in [-0.2, 0) is 13.2 Å². The number of quaternary nitrogens is 1. The third-order valence-electron chi connectivity index (χ3n) is 3.75. The van der Waals surface area contributed by atoms with E-state index in [4.69, 9.17) is 23.2 Å². The van der Waals surface area contributed by atoms with E-state index >= 15 is 0 Å². The van der Waals surface area contributed by atoms with E-state index in [9.17, 15) is 10.1 Å². The minimum absolute atomic E-state index is 0.0615. The summed E-state index contributed by atoms with van der Waals surface area (Å²) in [4.78, 5) is 11.7. The highest BCUT2D eigenvalue weighted by Gasteiger charge is 2.13. The summed E-state index contributed by atoms with van der Waals surface area (Å²) >= 11 is 12.0. The summed E-state index contributed by atoms with van der Waals surface area (Å²) in [6, 6.07) is 10.3. The molecule has 1 aromatic heterocycles. The molecule has 0 aliphatic carbocycles. The van der Waals surface area contributed by atoms with Crippen molar-refractivity contribution < 1.29 is 9.82 Å². The second kappa shape index (κ2) is 6.76. The summed E-state index contributed by atoms with van der Waals surface area (Å²) in [5.74, 6) is 0. The van der Waals surface area contributed by atoms with Crippen molar-refractivity contribution in [3.05, 3.63) is 68.3 Å². The zero-order chi connectivity index (χ0) is 17.3. The van der Waals surface area contributed by atoms with Crippen molar-refractivity contribution in [2.24, 2.45) is 0 Å². The Hall–Kier alpha value is -2.15. The minimum atomic E-state index is -0.400. The molecule has 1 N–H and O–H groups in total. The number of nitro groups is 1. The summed E-state index contributed by atoms with van der Waals surface area (Å²) in [7, 11) is 2.02. The molecule has 0 aliphatic rings. The number of aromatic nitrogens is 2. The molecule has 6 nitrogen and oxygen atoms in total. The Balaban J connectivity index is 1.79. The summed E-state index contributed by atoms with van der Waals surface area (Å²) in [6.07, 6.45) is 1.71. The summed E-state index contributed by atoms with van der Waals surface area (Å²) in [5.41, 5.74) is 1.87. The first-order valence-electron chi connectivity index (χ1n) is 7.29. The van der Waals surface area contributed by atoms with Gasteiger partial charge >= 0.3 is 0 Å². The van der Waals surface area contributed by atoms with E-state index in [2.05, 4.69) is 5.10 Å². The van der Waals surface area contributed by atoms with Gasteiger partial charge in [0.1, 0.15) is 6.54 Å². The predicted molar refractivity (Wildman–Crippen MR) is 93.4 cm³/mol. The van der Waals surface area contributed by atoms with Gasteiger partial charge in [0, 0.05) is 23.1 Å². The fraction of sp³-hybridized carbons (Fsp3) is 0.188. The number of nitrogens with zero attached hydrogens (tertiary/aromatic N) is 3. The molecule has 1 heterocycles. The number of rotatable bonds is 5. The summed E-state index contributed by atoms with van der Waals surface area (Å²) in [6.45, 7) is 1.30. The van der Waals surface area contributed by atoms with Crippen LogP contribution in [0.3, 0.4) is 0 Å². The van der Waals surface area contributed by atoms with Crippen LogP contribution in [0.2, 0.25) is 10.0 Å². The number of non-ortho nitro benzene ring substituents is 1. The van der Waals surface area contributed by atoms with Crippen LogP contribution in [0.5, 0.6) is 0 Å². The van der Waals surface area contributed by atoms with Crippen molar-refractivity contribution in [1.29, 1.82) is 0 Å². The lowest BCUT2D eigenvalue weighted by molar-refractivity contribution is -0.917. The average molecular weight is 366 g/mol. The van der Waals surface area contributed by atoms with Crippen molar-refractivity contribution in [3.63, 3.8) is 0 Å². The maximum atomic E-state index is 10.9. The molecule has 0 saturated carbocycles. The van der Waals surface area contributed by atoms with Crippen molar-refractivity contribution >= 4 is 39.8 Å². The van der Waals surface area contributed by atoms with Crippen LogP contribution >= 0.6 is 23.2 Å². The predicted octanol–water partition coefficient (Wildman–Crippen LogP) is 2.92. The lowest BCUT2D eigenvalue weighted by atomic mass is 10.2. The second-order valence-electron chi connectivity index (χ2n) is 5.68. The highest BCUT2D eigenvalue weighted by atomic mass is 35.5. The van der Waals surface area contributed by atoms with Gasteiger partial charge < -0.3 is 4.90 Å². The van der Waals surface area contributed by atoms with Gasteiger partial charge in [0.25, 0.3) is 5.69 Å². The Morgan fingerprint density at radius 1 is 1.21 bits per heavy atom. The molecule has 3 rings (SSSR count). The first-order chi connectivity index (χ1) is 11.4. The maximum absolute atomic E-state index is 10.9. The molecule has 0 bridgehead atoms. The largest absolute Gasteiger partial charge is 0.315 e. The first-order valence-corrected chi connectivity index (χ1v) is 8.05. The molecule has 0 amide bonds. The molecule has 124 valence electrons. The second-order valence-corrected chi connectivity index (χ2v) is 6.50. The van der Waals surface area contributed by atoms with E-state index in [1.54, 1.807) is 29.1 Å². The number of halogens is 2. The molecule has 0 fully saturated rings. The van der Waals surface area contributed by atoms with E-state index in [0.29, 0.717) is 16.7 Å². The number of fused-ring (bicyclic) bond motifs is 1. The SMILES string of the molecule is C[NH+](Cc1ccc(Cl)c(Cl)c1)Cn1ncc2ccc([N+](=O)[O-])cc21. The molecule has 1 atom stereocenters. The van der Waals surface area contributed by atoms with Gasteiger partial charge in [0.2, 0.25) is 0 Å². The van der Waals surface area contributed by atoms with E-state index in [1.165, 1.54) is 6.07 Å². The van der Waals surface area contributed by atoms with Gasteiger partial charge in [-0.25, -0.2) is 4.68 Å². The van der Waals surface area contributed by atoms with E-state index in [1.807, 2.05) is 19.2 Å². The van der Waals surface area contributed by atoms with Crippen LogP contribution in [0.4, 0.5) is 5.69 Å². The third kappa shape index (κ3) is 3.51. The van der Waals surface area contributed by atoms with Gasteiger partial charge in [-0.1, -0.05) is 29.3 Å². The van der Waals surface area contributed by atoms with Gasteiger partial charge in [-0.2, -0.15) is 5.10 Å². The Labute approximate surface area is 148 Å². The molecule has 0 radical (unpaired) electrons. The number of benzene rings is 2. The van der Waals surface area contributed by atoms with Gasteiger partial charge in [-0.05, 0) is 18.2 Å². The maximum Gasteiger partial charge on any atom is 0.271 e. The monoisotopic (exact) mass is 365 g/mol. The van der Waals surface area contributed by atoms with Crippen molar-refractivity contribution in [1.82, 2.24) is 9.78 Å². The van der Waals surface area contributed by atoms with E-state index in [-0.39, 0.29) is 5.69 Å². The number of nitrogens with one attached hydrogen (secondary N) is 1. The van der Waals surface area contributed by atoms with Crippen LogP contribution in [0.15, 0.2) is 42.6 Å². The Morgan fingerprint density at radius 3 is 2.71 bits per heavy atom. The highest BCUT2D eigenvalue weighted by Crippen LogP contribution is 2.22. The topological polar surface area (TPSA) is 65.4 Å². The molecule has 0 spiro atoms. The third-order valence-corrected chi connectivity index (χ3v) is 4.49. The lowest BCUT2D eigenvalue weighted by Crippen LogP contribution is -3.06. The van der Waals surface area contributed by atoms with Crippen molar-refractivity contribution in [2.45, 2.75) is 13.2 Å². The quantitative estimate of drug-likeness (QED) is 0.558. The van der Waals surface area contributed by atoms with Crippen LogP contribution in [0.25, 0.3) is 10.9 Å². The van der Waals surface area contributed by atoms with Crippen molar-refractivity contribution in [3.8, 4) is 0 Å². The molecule has 24 heavy (non-hydrogen) atoms. The smallest absolute Gasteiger partial charge is 0.271 e. The zero-order valence-corrected chi connectivity index (χ0v) is 14.4. The van der Waals surface area contributed by atoms with Gasteiger partial charge in [-0.3, -0.25) is 10.1 Å². The van der Waals surface area contributed by atoms with E-state index in [0.717, 1.165) is 27.9 Å². The molecule has 0 saturated heterocycles. The average Bonchev–Trinajstić information content (AvgIpc) is 2.93. The Bertz CT molecular complexity index is 910. The Kier molecular flexibility index (Phi) is 4.71. The highest BCUT2D eigenvalue weighted by molar-refractivity contribution is 6.42. The van der Waals surface area contributed by atoms with Crippen LogP contribution in [-0.4, -0.2) is 21.8 Å². The molecular weight excluding hydrogens is 351 g/mol. The molecule has 1 unspecified atom stereocenters. The van der Waals surface area contributed by atoms with Crippen LogP contribution in [0.1, 0.15) is 5.56 Å². The molecule has 3 aromatic rings. The standard InChI is InChI=1S/C16H14Cl2N4O2/c1-20(9-11-2-5-14(17)15(18)6-11)10-21-16-7-13(22(23)24)4-3-12(16)8-19-21/h2-8H,9-10H2,1H3/p+1. The lowest BCUT2D eigenvalue weighted by Gasteiger charge is -2.15. The molecular formula is C16H15Cl2N4O2+. The van der Waals surface area contributed by atoms with Crippen LogP contribution < -0.4 is 4.90 Å². The zero-order valence-electron chi connectivity index (χ0n) is 12.9. The van der Waals surface area contributed by atoms with E-state index < -0.39 is 4.92 Å². The van der Waals surface area contributed by atoms with Gasteiger partial charge in [0.15, 0.2) is 6.67 Å². The van der Waals surface area contributed by atoms with Gasteiger partial charge in [0.05, 0.1) is 33.7 Å². The first kappa shape index (κ1) is 16.7.